The number of carbonyl (C=O) groups is 4. The molecule has 1 aliphatic rings. The predicted octanol–water partition coefficient (Wildman–Crippen LogP) is 1.99. The molecule has 1 saturated heterocycles. The van der Waals surface area contributed by atoms with Crippen molar-refractivity contribution in [2.45, 2.75) is 32.8 Å². The van der Waals surface area contributed by atoms with E-state index in [0.29, 0.717) is 5.56 Å². The van der Waals surface area contributed by atoms with E-state index < -0.39 is 29.8 Å². The average Bonchev–Trinajstić information content (AvgIpc) is 3.19. The number of hydrogen-bond acceptors (Lipinski definition) is 5. The molecule has 2 N–H and O–H groups in total. The summed E-state index contributed by atoms with van der Waals surface area (Å²) in [6.45, 7) is 3.65. The van der Waals surface area contributed by atoms with E-state index >= 15 is 0 Å². The topological polar surface area (TPSA) is 105 Å². The van der Waals surface area contributed by atoms with Gasteiger partial charge >= 0.3 is 5.97 Å². The first-order chi connectivity index (χ1) is 14.9. The van der Waals surface area contributed by atoms with Crippen molar-refractivity contribution >= 4 is 29.4 Å². The molecule has 0 aromatic heterocycles. The summed E-state index contributed by atoms with van der Waals surface area (Å²) in [5, 5.41) is 0. The van der Waals surface area contributed by atoms with Crippen LogP contribution in [0.15, 0.2) is 54.6 Å². The fraction of sp³-hybridized carbons (Fsp3) is 0.304. The molecule has 1 heterocycles. The Balaban J connectivity index is 1.50. The highest BCUT2D eigenvalue weighted by atomic mass is 16.5. The number of hydrogen-bond donors (Lipinski definition) is 2. The number of aryl methyl sites for hydroxylation is 1. The van der Waals surface area contributed by atoms with Crippen molar-refractivity contribution in [1.29, 1.82) is 0 Å². The third kappa shape index (κ3) is 5.48. The van der Waals surface area contributed by atoms with Crippen LogP contribution < -0.4 is 15.8 Å². The molecule has 3 amide bonds. The van der Waals surface area contributed by atoms with Crippen molar-refractivity contribution in [2.24, 2.45) is 5.92 Å². The second-order valence-corrected chi connectivity index (χ2v) is 7.31. The summed E-state index contributed by atoms with van der Waals surface area (Å²) in [5.41, 5.74) is 6.78. The number of esters is 1. The molecule has 2 aromatic carbocycles. The standard InChI is InChI=1S/C23H25N3O5/c1-3-16-9-11-19(12-10-16)26-14-18(13-20(26)27)23(30)31-15(2)21(28)24-25-22(29)17-7-5-4-6-8-17/h4-12,15,18H,3,13-14H2,1-2H3,(H,24,28)(H,25,29)/t15-,18-/m1/s1. The number of benzene rings is 2. The Hall–Kier alpha value is -3.68. The van der Waals surface area contributed by atoms with Crippen LogP contribution in [0.4, 0.5) is 5.69 Å². The third-order valence-corrected chi connectivity index (χ3v) is 5.11. The maximum atomic E-state index is 12.5. The second-order valence-electron chi connectivity index (χ2n) is 7.31. The molecule has 3 rings (SSSR count). The minimum absolute atomic E-state index is 0.0213. The van der Waals surface area contributed by atoms with Gasteiger partial charge in [-0.15, -0.1) is 0 Å². The third-order valence-electron chi connectivity index (χ3n) is 5.11. The van der Waals surface area contributed by atoms with Crippen LogP contribution in [-0.4, -0.2) is 36.3 Å². The minimum atomic E-state index is -1.13. The SMILES string of the molecule is CCc1ccc(N2C[C@H](C(=O)O[C@H](C)C(=O)NNC(=O)c3ccccc3)CC2=O)cc1. The highest BCUT2D eigenvalue weighted by molar-refractivity contribution is 6.00. The van der Waals surface area contributed by atoms with Crippen LogP contribution in [0.3, 0.4) is 0 Å². The lowest BCUT2D eigenvalue weighted by atomic mass is 10.1. The van der Waals surface area contributed by atoms with E-state index in [4.69, 9.17) is 4.74 Å². The smallest absolute Gasteiger partial charge is 0.312 e. The van der Waals surface area contributed by atoms with Gasteiger partial charge in [0.25, 0.3) is 11.8 Å². The van der Waals surface area contributed by atoms with Crippen LogP contribution >= 0.6 is 0 Å². The monoisotopic (exact) mass is 423 g/mol. The number of nitrogens with zero attached hydrogens (tertiary/aromatic N) is 1. The van der Waals surface area contributed by atoms with E-state index in [-0.39, 0.29) is 18.9 Å². The van der Waals surface area contributed by atoms with Crippen molar-refractivity contribution in [3.63, 3.8) is 0 Å². The molecule has 8 heteroatoms. The predicted molar refractivity (Wildman–Crippen MR) is 114 cm³/mol. The van der Waals surface area contributed by atoms with Gasteiger partial charge in [0.05, 0.1) is 5.92 Å². The molecule has 31 heavy (non-hydrogen) atoms. The maximum Gasteiger partial charge on any atom is 0.312 e. The van der Waals surface area contributed by atoms with Crippen LogP contribution in [-0.2, 0) is 25.5 Å². The molecule has 0 saturated carbocycles. The zero-order valence-corrected chi connectivity index (χ0v) is 17.5. The van der Waals surface area contributed by atoms with Gasteiger partial charge in [-0.2, -0.15) is 0 Å². The minimum Gasteiger partial charge on any atom is -0.452 e. The van der Waals surface area contributed by atoms with Gasteiger partial charge in [-0.1, -0.05) is 37.3 Å². The molecule has 0 spiro atoms. The summed E-state index contributed by atoms with van der Waals surface area (Å²) in [6.07, 6.45) is -0.209. The zero-order valence-electron chi connectivity index (χ0n) is 17.5. The molecule has 8 nitrogen and oxygen atoms in total. The first kappa shape index (κ1) is 22.0. The molecule has 162 valence electrons. The van der Waals surface area contributed by atoms with E-state index in [0.717, 1.165) is 17.7 Å². The Morgan fingerprint density at radius 2 is 1.74 bits per heavy atom. The van der Waals surface area contributed by atoms with Crippen LogP contribution in [0.5, 0.6) is 0 Å². The van der Waals surface area contributed by atoms with Crippen molar-refractivity contribution in [2.75, 3.05) is 11.4 Å². The van der Waals surface area contributed by atoms with E-state index in [9.17, 15) is 19.2 Å². The summed E-state index contributed by atoms with van der Waals surface area (Å²) in [6, 6.07) is 16.0. The number of rotatable bonds is 6. The van der Waals surface area contributed by atoms with Crippen molar-refractivity contribution in [3.8, 4) is 0 Å². The summed E-state index contributed by atoms with van der Waals surface area (Å²) >= 11 is 0. The number of ether oxygens (including phenoxy) is 1. The van der Waals surface area contributed by atoms with E-state index in [2.05, 4.69) is 10.9 Å². The zero-order chi connectivity index (χ0) is 22.4. The molecule has 2 atom stereocenters. The molecular weight excluding hydrogens is 398 g/mol. The van der Waals surface area contributed by atoms with Crippen molar-refractivity contribution in [3.05, 3.63) is 65.7 Å². The van der Waals surface area contributed by atoms with Gasteiger partial charge in [0, 0.05) is 24.2 Å². The van der Waals surface area contributed by atoms with Gasteiger partial charge < -0.3 is 9.64 Å². The lowest BCUT2D eigenvalue weighted by Crippen LogP contribution is -2.47. The number of nitrogens with one attached hydrogen (secondary N) is 2. The molecule has 1 fully saturated rings. The molecule has 0 radical (unpaired) electrons. The Morgan fingerprint density at radius 3 is 2.39 bits per heavy atom. The van der Waals surface area contributed by atoms with Crippen LogP contribution in [0, 0.1) is 5.92 Å². The molecule has 0 unspecified atom stereocenters. The maximum absolute atomic E-state index is 12.5. The Morgan fingerprint density at radius 1 is 1.06 bits per heavy atom. The molecule has 0 bridgehead atoms. The highest BCUT2D eigenvalue weighted by Gasteiger charge is 2.37. The fourth-order valence-corrected chi connectivity index (χ4v) is 3.23. The van der Waals surface area contributed by atoms with Crippen molar-refractivity contribution < 1.29 is 23.9 Å². The number of hydrazine groups is 1. The van der Waals surface area contributed by atoms with Gasteiger partial charge in [0.2, 0.25) is 5.91 Å². The quantitative estimate of drug-likeness (QED) is 0.546. The van der Waals surface area contributed by atoms with Gasteiger partial charge in [-0.3, -0.25) is 30.0 Å². The summed E-state index contributed by atoms with van der Waals surface area (Å²) in [7, 11) is 0. The van der Waals surface area contributed by atoms with E-state index in [1.54, 1.807) is 35.2 Å². The summed E-state index contributed by atoms with van der Waals surface area (Å²) in [4.78, 5) is 50.5. The molecular formula is C23H25N3O5. The molecule has 0 aliphatic carbocycles. The van der Waals surface area contributed by atoms with E-state index in [1.807, 2.05) is 31.2 Å². The van der Waals surface area contributed by atoms with Gasteiger partial charge in [-0.25, -0.2) is 0 Å². The number of amides is 3. The lowest BCUT2D eigenvalue weighted by molar-refractivity contribution is -0.158. The summed E-state index contributed by atoms with van der Waals surface area (Å²) < 4.78 is 5.22. The van der Waals surface area contributed by atoms with Gasteiger partial charge in [0.15, 0.2) is 6.10 Å². The second kappa shape index (κ2) is 9.88. The van der Waals surface area contributed by atoms with Crippen LogP contribution in [0.1, 0.15) is 36.2 Å². The first-order valence-electron chi connectivity index (χ1n) is 10.1. The Bertz CT molecular complexity index is 959. The molecule has 2 aromatic rings. The average molecular weight is 423 g/mol. The number of carbonyl (C=O) groups excluding carboxylic acids is 4. The van der Waals surface area contributed by atoms with Crippen LogP contribution in [0.25, 0.3) is 0 Å². The van der Waals surface area contributed by atoms with Gasteiger partial charge in [-0.05, 0) is 43.2 Å². The molecule has 1 aliphatic heterocycles. The highest BCUT2D eigenvalue weighted by Crippen LogP contribution is 2.26. The van der Waals surface area contributed by atoms with Crippen LogP contribution in [0.2, 0.25) is 0 Å². The Kier molecular flexibility index (Phi) is 7.02. The lowest BCUT2D eigenvalue weighted by Gasteiger charge is -2.18. The number of anilines is 1. The normalized spacial score (nSPS) is 16.5. The first-order valence-corrected chi connectivity index (χ1v) is 10.1. The summed E-state index contributed by atoms with van der Waals surface area (Å²) in [5.74, 6) is -2.61. The van der Waals surface area contributed by atoms with Crippen molar-refractivity contribution in [1.82, 2.24) is 10.9 Å². The Labute approximate surface area is 180 Å². The fourth-order valence-electron chi connectivity index (χ4n) is 3.23. The van der Waals surface area contributed by atoms with Gasteiger partial charge in [0.1, 0.15) is 0 Å². The largest absolute Gasteiger partial charge is 0.452 e. The van der Waals surface area contributed by atoms with E-state index in [1.165, 1.54) is 6.92 Å².